The molecular weight excluding hydrogens is 304 g/mol. The molecule has 0 saturated carbocycles. The van der Waals surface area contributed by atoms with Gasteiger partial charge < -0.3 is 13.9 Å². The summed E-state index contributed by atoms with van der Waals surface area (Å²) in [5, 5.41) is 0. The lowest BCUT2D eigenvalue weighted by Crippen LogP contribution is -2.43. The molecule has 5 heteroatoms. The van der Waals surface area contributed by atoms with E-state index >= 15 is 0 Å². The Morgan fingerprint density at radius 3 is 2.92 bits per heavy atom. The van der Waals surface area contributed by atoms with Crippen LogP contribution in [0.4, 0.5) is 0 Å². The van der Waals surface area contributed by atoms with E-state index < -0.39 is 0 Å². The van der Waals surface area contributed by atoms with E-state index in [9.17, 15) is 0 Å². The zero-order valence-electron chi connectivity index (χ0n) is 13.8. The number of fused-ring (bicyclic) bond motifs is 1. The van der Waals surface area contributed by atoms with E-state index in [1.807, 2.05) is 24.3 Å². The molecule has 2 saturated heterocycles. The van der Waals surface area contributed by atoms with Crippen LogP contribution in [-0.2, 0) is 22.6 Å². The molecule has 0 aromatic carbocycles. The average Bonchev–Trinajstić information content (AvgIpc) is 3.26. The third-order valence-electron chi connectivity index (χ3n) is 5.01. The second kappa shape index (κ2) is 7.47. The summed E-state index contributed by atoms with van der Waals surface area (Å²) in [5.41, 5.74) is 1.16. The van der Waals surface area contributed by atoms with E-state index in [2.05, 4.69) is 9.88 Å². The van der Waals surface area contributed by atoms with Gasteiger partial charge in [-0.15, -0.1) is 0 Å². The molecular formula is C19H24N2O3. The van der Waals surface area contributed by atoms with Crippen molar-refractivity contribution < 1.29 is 13.9 Å². The molecule has 0 amide bonds. The Kier molecular flexibility index (Phi) is 4.92. The van der Waals surface area contributed by atoms with E-state index in [-0.39, 0.29) is 6.10 Å². The van der Waals surface area contributed by atoms with E-state index in [1.165, 1.54) is 6.42 Å². The van der Waals surface area contributed by atoms with E-state index in [0.29, 0.717) is 25.4 Å². The van der Waals surface area contributed by atoms with Gasteiger partial charge in [-0.25, -0.2) is 0 Å². The first-order chi connectivity index (χ1) is 11.9. The molecule has 2 aliphatic rings. The second-order valence-electron chi connectivity index (χ2n) is 6.65. The summed E-state index contributed by atoms with van der Waals surface area (Å²) in [7, 11) is 0. The highest BCUT2D eigenvalue weighted by Crippen LogP contribution is 2.32. The van der Waals surface area contributed by atoms with Crippen LogP contribution >= 0.6 is 0 Å². The number of ether oxygens (including phenoxy) is 2. The molecule has 0 spiro atoms. The van der Waals surface area contributed by atoms with Crippen LogP contribution in [0, 0.1) is 0 Å². The van der Waals surface area contributed by atoms with Gasteiger partial charge in [0, 0.05) is 25.0 Å². The van der Waals surface area contributed by atoms with Crippen molar-refractivity contribution in [2.45, 2.75) is 50.7 Å². The maximum absolute atomic E-state index is 6.29. The van der Waals surface area contributed by atoms with Gasteiger partial charge >= 0.3 is 0 Å². The van der Waals surface area contributed by atoms with Gasteiger partial charge in [0.2, 0.25) is 0 Å². The molecule has 2 aromatic rings. The van der Waals surface area contributed by atoms with Crippen LogP contribution < -0.4 is 0 Å². The predicted molar refractivity (Wildman–Crippen MR) is 89.3 cm³/mol. The Hall–Kier alpha value is -1.69. The standard InChI is InChI=1S/C19H24N2O3/c1-2-16(23-11-1)12-21-10-7-19-18(21)4-3-17(24-19)14-22-13-15-5-8-20-9-6-15/h1-2,5-6,8-9,11,17-19H,3-4,7,10,12-14H2/t17-,18+,19+/m1/s1. The molecule has 4 heterocycles. The Labute approximate surface area is 142 Å². The predicted octanol–water partition coefficient (Wildman–Crippen LogP) is 3.01. The summed E-state index contributed by atoms with van der Waals surface area (Å²) in [6.07, 6.45) is 9.24. The average molecular weight is 328 g/mol. The van der Waals surface area contributed by atoms with Gasteiger partial charge in [-0.2, -0.15) is 0 Å². The third kappa shape index (κ3) is 3.69. The number of rotatable bonds is 6. The number of pyridine rings is 1. The Morgan fingerprint density at radius 2 is 2.08 bits per heavy atom. The summed E-state index contributed by atoms with van der Waals surface area (Å²) in [6, 6.07) is 8.50. The zero-order valence-corrected chi connectivity index (χ0v) is 13.8. The SMILES string of the molecule is c1coc(CN2CC[C@@H]3O[C@@H](COCc4ccncc4)CC[C@@H]32)c1. The molecule has 0 aliphatic carbocycles. The minimum Gasteiger partial charge on any atom is -0.468 e. The number of furan rings is 1. The number of hydrogen-bond donors (Lipinski definition) is 0. The lowest BCUT2D eigenvalue weighted by atomic mass is 9.99. The molecule has 0 N–H and O–H groups in total. The van der Waals surface area contributed by atoms with Crippen molar-refractivity contribution in [1.82, 2.24) is 9.88 Å². The maximum Gasteiger partial charge on any atom is 0.117 e. The van der Waals surface area contributed by atoms with Crippen molar-refractivity contribution in [2.75, 3.05) is 13.2 Å². The van der Waals surface area contributed by atoms with Crippen LogP contribution in [0.25, 0.3) is 0 Å². The van der Waals surface area contributed by atoms with Gasteiger partial charge in [-0.1, -0.05) is 0 Å². The van der Waals surface area contributed by atoms with Crippen LogP contribution in [0.2, 0.25) is 0 Å². The summed E-state index contributed by atoms with van der Waals surface area (Å²) < 4.78 is 17.6. The fraction of sp³-hybridized carbons (Fsp3) is 0.526. The second-order valence-corrected chi connectivity index (χ2v) is 6.65. The molecule has 0 bridgehead atoms. The molecule has 0 unspecified atom stereocenters. The first kappa shape index (κ1) is 15.8. The summed E-state index contributed by atoms with van der Waals surface area (Å²) in [4.78, 5) is 6.52. The number of nitrogens with zero attached hydrogens (tertiary/aromatic N) is 2. The van der Waals surface area contributed by atoms with Gasteiger partial charge in [-0.3, -0.25) is 9.88 Å². The van der Waals surface area contributed by atoms with Crippen molar-refractivity contribution in [1.29, 1.82) is 0 Å². The molecule has 2 aromatic heterocycles. The van der Waals surface area contributed by atoms with Crippen LogP contribution in [0.1, 0.15) is 30.6 Å². The van der Waals surface area contributed by atoms with Crippen LogP contribution in [0.3, 0.4) is 0 Å². The third-order valence-corrected chi connectivity index (χ3v) is 5.01. The van der Waals surface area contributed by atoms with Gasteiger partial charge in [0.05, 0.1) is 38.2 Å². The minimum atomic E-state index is 0.219. The van der Waals surface area contributed by atoms with Crippen molar-refractivity contribution >= 4 is 0 Å². The fourth-order valence-corrected chi connectivity index (χ4v) is 3.79. The Morgan fingerprint density at radius 1 is 1.17 bits per heavy atom. The summed E-state index contributed by atoms with van der Waals surface area (Å²) >= 11 is 0. The summed E-state index contributed by atoms with van der Waals surface area (Å²) in [5.74, 6) is 1.04. The van der Waals surface area contributed by atoms with Gasteiger partial charge in [0.1, 0.15) is 5.76 Å². The highest BCUT2D eigenvalue weighted by molar-refractivity contribution is 5.08. The highest BCUT2D eigenvalue weighted by Gasteiger charge is 2.39. The maximum atomic E-state index is 6.29. The van der Waals surface area contributed by atoms with Crippen LogP contribution in [-0.4, -0.2) is 41.3 Å². The minimum absolute atomic E-state index is 0.219. The zero-order chi connectivity index (χ0) is 16.2. The quantitative estimate of drug-likeness (QED) is 0.816. The number of aromatic nitrogens is 1. The van der Waals surface area contributed by atoms with Crippen molar-refractivity contribution in [2.24, 2.45) is 0 Å². The first-order valence-electron chi connectivity index (χ1n) is 8.77. The molecule has 24 heavy (non-hydrogen) atoms. The molecule has 2 fully saturated rings. The van der Waals surface area contributed by atoms with Crippen molar-refractivity contribution in [3.63, 3.8) is 0 Å². The van der Waals surface area contributed by atoms with Crippen molar-refractivity contribution in [3.8, 4) is 0 Å². The molecule has 3 atom stereocenters. The number of hydrogen-bond acceptors (Lipinski definition) is 5. The normalized spacial score (nSPS) is 27.2. The highest BCUT2D eigenvalue weighted by atomic mass is 16.5. The van der Waals surface area contributed by atoms with Crippen molar-refractivity contribution in [3.05, 3.63) is 54.2 Å². The van der Waals surface area contributed by atoms with Gasteiger partial charge in [0.25, 0.3) is 0 Å². The van der Waals surface area contributed by atoms with Gasteiger partial charge in [-0.05, 0) is 49.1 Å². The smallest absolute Gasteiger partial charge is 0.117 e. The van der Waals surface area contributed by atoms with Gasteiger partial charge in [0.15, 0.2) is 0 Å². The lowest BCUT2D eigenvalue weighted by molar-refractivity contribution is -0.102. The molecule has 2 aliphatic heterocycles. The van der Waals surface area contributed by atoms with Crippen LogP contribution in [0.15, 0.2) is 47.3 Å². The molecule has 4 rings (SSSR count). The monoisotopic (exact) mass is 328 g/mol. The molecule has 128 valence electrons. The van der Waals surface area contributed by atoms with E-state index in [4.69, 9.17) is 13.9 Å². The summed E-state index contributed by atoms with van der Waals surface area (Å²) in [6.45, 7) is 3.27. The van der Waals surface area contributed by atoms with E-state index in [1.54, 1.807) is 18.7 Å². The molecule has 0 radical (unpaired) electrons. The number of likely N-dealkylation sites (tertiary alicyclic amines) is 1. The Balaban J connectivity index is 1.23. The largest absolute Gasteiger partial charge is 0.468 e. The lowest BCUT2D eigenvalue weighted by Gasteiger charge is -2.35. The van der Waals surface area contributed by atoms with Crippen LogP contribution in [0.5, 0.6) is 0 Å². The fourth-order valence-electron chi connectivity index (χ4n) is 3.79. The van der Waals surface area contributed by atoms with E-state index in [0.717, 1.165) is 37.3 Å². The molecule has 5 nitrogen and oxygen atoms in total. The Bertz CT molecular complexity index is 617. The topological polar surface area (TPSA) is 47.7 Å². The first-order valence-corrected chi connectivity index (χ1v) is 8.77.